The van der Waals surface area contributed by atoms with Gasteiger partial charge in [-0.2, -0.15) is 0 Å². The number of alkyl halides is 1. The first-order valence-electron chi connectivity index (χ1n) is 11.3. The molecule has 31 heavy (non-hydrogen) atoms. The van der Waals surface area contributed by atoms with E-state index >= 15 is 0 Å². The highest BCUT2D eigenvalue weighted by Gasteiger charge is 2.36. The Bertz CT molecular complexity index is 935. The van der Waals surface area contributed by atoms with Gasteiger partial charge in [0.25, 0.3) is 0 Å². The maximum atomic E-state index is 13.7. The second-order valence-electron chi connectivity index (χ2n) is 8.77. The normalized spacial score (nSPS) is 20.2. The van der Waals surface area contributed by atoms with E-state index in [4.69, 9.17) is 11.6 Å². The Labute approximate surface area is 194 Å². The van der Waals surface area contributed by atoms with Crippen LogP contribution in [0.2, 0.25) is 0 Å². The molecule has 1 aliphatic heterocycles. The molecule has 6 heteroatoms. The topological polar surface area (TPSA) is 40.6 Å². The molecule has 0 bridgehead atoms. The summed E-state index contributed by atoms with van der Waals surface area (Å²) in [6.45, 7) is 4.60. The van der Waals surface area contributed by atoms with Gasteiger partial charge in [0.15, 0.2) is 0 Å². The van der Waals surface area contributed by atoms with E-state index in [1.807, 2.05) is 17.0 Å². The number of aryl methyl sites for hydroxylation is 1. The number of rotatable bonds is 5. The third-order valence-corrected chi connectivity index (χ3v) is 7.90. The van der Waals surface area contributed by atoms with Crippen LogP contribution in [0.4, 0.5) is 0 Å². The van der Waals surface area contributed by atoms with Gasteiger partial charge in [-0.05, 0) is 61.2 Å². The zero-order valence-corrected chi connectivity index (χ0v) is 19.9. The van der Waals surface area contributed by atoms with Crippen molar-refractivity contribution in [3.63, 3.8) is 0 Å². The third kappa shape index (κ3) is 4.68. The van der Waals surface area contributed by atoms with Crippen molar-refractivity contribution in [1.29, 1.82) is 0 Å². The Morgan fingerprint density at radius 3 is 2.61 bits per heavy atom. The Kier molecular flexibility index (Phi) is 7.02. The second kappa shape index (κ2) is 9.74. The van der Waals surface area contributed by atoms with E-state index < -0.39 is 5.38 Å². The van der Waals surface area contributed by atoms with Crippen molar-refractivity contribution in [1.82, 2.24) is 9.80 Å². The molecule has 2 heterocycles. The van der Waals surface area contributed by atoms with E-state index in [1.54, 1.807) is 23.2 Å². The number of hydrogen-bond donors (Lipinski definition) is 0. The van der Waals surface area contributed by atoms with E-state index in [1.165, 1.54) is 22.4 Å². The van der Waals surface area contributed by atoms with Gasteiger partial charge in [-0.1, -0.05) is 43.5 Å². The van der Waals surface area contributed by atoms with Gasteiger partial charge >= 0.3 is 0 Å². The maximum Gasteiger partial charge on any atom is 0.243 e. The van der Waals surface area contributed by atoms with E-state index in [2.05, 4.69) is 30.5 Å². The number of thiophene rings is 1. The van der Waals surface area contributed by atoms with Gasteiger partial charge in [0, 0.05) is 17.5 Å². The summed E-state index contributed by atoms with van der Waals surface area (Å²) in [5.41, 5.74) is 3.57. The summed E-state index contributed by atoms with van der Waals surface area (Å²) in [5.74, 6) is -0.107. The third-order valence-electron chi connectivity index (χ3n) is 6.71. The summed E-state index contributed by atoms with van der Waals surface area (Å²) in [6.07, 6.45) is 6.19. The highest BCUT2D eigenvalue weighted by atomic mass is 35.5. The van der Waals surface area contributed by atoms with Crippen LogP contribution < -0.4 is 0 Å². The van der Waals surface area contributed by atoms with Crippen LogP contribution in [-0.4, -0.2) is 46.1 Å². The van der Waals surface area contributed by atoms with Gasteiger partial charge in [-0.25, -0.2) is 0 Å². The first kappa shape index (κ1) is 22.3. The fourth-order valence-electron chi connectivity index (χ4n) is 5.06. The van der Waals surface area contributed by atoms with Gasteiger partial charge in [0.2, 0.25) is 11.8 Å². The zero-order valence-electron chi connectivity index (χ0n) is 18.4. The van der Waals surface area contributed by atoms with Crippen LogP contribution in [0.3, 0.4) is 0 Å². The molecular weight excluding hydrogens is 428 g/mol. The lowest BCUT2D eigenvalue weighted by Gasteiger charge is -2.40. The molecule has 2 atom stereocenters. The second-order valence-corrected chi connectivity index (χ2v) is 10.4. The average molecular weight is 459 g/mol. The van der Waals surface area contributed by atoms with Crippen molar-refractivity contribution in [2.75, 3.05) is 13.1 Å². The van der Waals surface area contributed by atoms with E-state index in [-0.39, 0.29) is 30.4 Å². The standard InChI is InChI=1S/C25H31ClN2O2S/c1-17-8-6-7-11-20(17)24-21-13-15-31-22(21)12-14-27(24)23(29)16-28(25(30)18(2)26)19-9-4-3-5-10-19/h6-8,11,13,15,18-19,24H,3-5,9-10,12,14,16H2,1-2H3. The number of halogens is 1. The Morgan fingerprint density at radius 1 is 1.16 bits per heavy atom. The van der Waals surface area contributed by atoms with Crippen LogP contribution in [0, 0.1) is 6.92 Å². The van der Waals surface area contributed by atoms with Crippen molar-refractivity contribution >= 4 is 34.8 Å². The van der Waals surface area contributed by atoms with Gasteiger partial charge < -0.3 is 9.80 Å². The van der Waals surface area contributed by atoms with E-state index in [0.29, 0.717) is 6.54 Å². The molecule has 4 rings (SSSR count). The first-order valence-corrected chi connectivity index (χ1v) is 12.6. The van der Waals surface area contributed by atoms with Crippen molar-refractivity contribution in [2.24, 2.45) is 0 Å². The lowest BCUT2D eigenvalue weighted by atomic mass is 9.90. The van der Waals surface area contributed by atoms with Gasteiger partial charge in [-0.3, -0.25) is 9.59 Å². The number of benzene rings is 1. The predicted molar refractivity (Wildman–Crippen MR) is 127 cm³/mol. The summed E-state index contributed by atoms with van der Waals surface area (Å²) in [6, 6.07) is 10.5. The molecule has 2 unspecified atom stereocenters. The van der Waals surface area contributed by atoms with Gasteiger partial charge in [-0.15, -0.1) is 22.9 Å². The Balaban J connectivity index is 1.63. The monoisotopic (exact) mass is 458 g/mol. The molecule has 1 aliphatic carbocycles. The molecule has 2 aliphatic rings. The molecule has 1 saturated carbocycles. The highest BCUT2D eigenvalue weighted by Crippen LogP contribution is 2.39. The number of fused-ring (bicyclic) bond motifs is 1. The summed E-state index contributed by atoms with van der Waals surface area (Å²) in [5, 5.41) is 1.50. The fourth-order valence-corrected chi connectivity index (χ4v) is 6.09. The molecule has 4 nitrogen and oxygen atoms in total. The summed E-state index contributed by atoms with van der Waals surface area (Å²) in [4.78, 5) is 31.8. The van der Waals surface area contributed by atoms with Gasteiger partial charge in [0.1, 0.15) is 11.9 Å². The largest absolute Gasteiger partial charge is 0.330 e. The summed E-state index contributed by atoms with van der Waals surface area (Å²) < 4.78 is 0. The Morgan fingerprint density at radius 2 is 1.90 bits per heavy atom. The SMILES string of the molecule is Cc1ccccc1C1c2ccsc2CCN1C(=O)CN(C(=O)C(C)Cl)C1CCCCC1. The molecular formula is C25H31ClN2O2S. The molecule has 0 radical (unpaired) electrons. The van der Waals surface area contributed by atoms with Crippen molar-refractivity contribution < 1.29 is 9.59 Å². The molecule has 0 saturated heterocycles. The van der Waals surface area contributed by atoms with Crippen LogP contribution in [0.1, 0.15) is 66.6 Å². The van der Waals surface area contributed by atoms with Crippen LogP contribution >= 0.6 is 22.9 Å². The smallest absolute Gasteiger partial charge is 0.243 e. The van der Waals surface area contributed by atoms with Crippen molar-refractivity contribution in [3.8, 4) is 0 Å². The number of nitrogens with zero attached hydrogens (tertiary/aromatic N) is 2. The van der Waals surface area contributed by atoms with Crippen molar-refractivity contribution in [2.45, 2.75) is 69.8 Å². The maximum absolute atomic E-state index is 13.7. The average Bonchev–Trinajstić information content (AvgIpc) is 3.26. The minimum atomic E-state index is -0.619. The fraction of sp³-hybridized carbons (Fsp3) is 0.520. The predicted octanol–water partition coefficient (Wildman–Crippen LogP) is 5.32. The molecule has 0 spiro atoms. The zero-order chi connectivity index (χ0) is 22.0. The minimum Gasteiger partial charge on any atom is -0.330 e. The number of hydrogen-bond acceptors (Lipinski definition) is 3. The van der Waals surface area contributed by atoms with Crippen LogP contribution in [0.15, 0.2) is 35.7 Å². The van der Waals surface area contributed by atoms with Crippen LogP contribution in [0.25, 0.3) is 0 Å². The lowest BCUT2D eigenvalue weighted by Crippen LogP contribution is -2.51. The van der Waals surface area contributed by atoms with E-state index in [0.717, 1.165) is 37.7 Å². The molecule has 1 aromatic heterocycles. The summed E-state index contributed by atoms with van der Waals surface area (Å²) >= 11 is 7.96. The Hall–Kier alpha value is -1.85. The number of amides is 2. The van der Waals surface area contributed by atoms with Crippen LogP contribution in [-0.2, 0) is 16.0 Å². The lowest BCUT2D eigenvalue weighted by molar-refractivity contribution is -0.143. The number of carbonyl (C=O) groups is 2. The molecule has 166 valence electrons. The minimum absolute atomic E-state index is 0.0151. The quantitative estimate of drug-likeness (QED) is 0.569. The summed E-state index contributed by atoms with van der Waals surface area (Å²) in [7, 11) is 0. The number of carbonyl (C=O) groups excluding carboxylic acids is 2. The molecule has 1 aromatic carbocycles. The first-order chi connectivity index (χ1) is 15.0. The molecule has 2 aromatic rings. The van der Waals surface area contributed by atoms with E-state index in [9.17, 15) is 9.59 Å². The van der Waals surface area contributed by atoms with Crippen LogP contribution in [0.5, 0.6) is 0 Å². The van der Waals surface area contributed by atoms with Crippen molar-refractivity contribution in [3.05, 3.63) is 57.3 Å². The molecule has 1 fully saturated rings. The van der Waals surface area contributed by atoms with Gasteiger partial charge in [0.05, 0.1) is 6.04 Å². The highest BCUT2D eigenvalue weighted by molar-refractivity contribution is 7.10. The molecule has 0 N–H and O–H groups in total. The molecule has 2 amide bonds.